The molecular formula is C17H24N2O. The summed E-state index contributed by atoms with van der Waals surface area (Å²) < 4.78 is 0. The van der Waals surface area contributed by atoms with Gasteiger partial charge in [0.2, 0.25) is 5.91 Å². The van der Waals surface area contributed by atoms with E-state index in [9.17, 15) is 4.79 Å². The van der Waals surface area contributed by atoms with Crippen molar-refractivity contribution in [2.24, 2.45) is 0 Å². The summed E-state index contributed by atoms with van der Waals surface area (Å²) in [5.41, 5.74) is 2.66. The fraction of sp³-hybridized carbons (Fsp3) is 0.588. The predicted molar refractivity (Wildman–Crippen MR) is 80.4 cm³/mol. The van der Waals surface area contributed by atoms with Gasteiger partial charge in [-0.3, -0.25) is 4.79 Å². The highest BCUT2D eigenvalue weighted by atomic mass is 16.2. The molecule has 0 N–H and O–H groups in total. The van der Waals surface area contributed by atoms with Gasteiger partial charge in [0, 0.05) is 31.6 Å². The second-order valence-corrected chi connectivity index (χ2v) is 6.50. The molecule has 0 unspecified atom stereocenters. The average Bonchev–Trinajstić information content (AvgIpc) is 2.72. The molecule has 2 aliphatic rings. The lowest BCUT2D eigenvalue weighted by Crippen LogP contribution is -2.52. The number of hydrogen-bond donors (Lipinski definition) is 0. The summed E-state index contributed by atoms with van der Waals surface area (Å²) in [4.78, 5) is 16.9. The molecule has 0 aromatic heterocycles. The molecule has 20 heavy (non-hydrogen) atoms. The van der Waals surface area contributed by atoms with Gasteiger partial charge < -0.3 is 9.80 Å². The normalized spacial score (nSPS) is 22.7. The van der Waals surface area contributed by atoms with Crippen molar-refractivity contribution in [1.82, 2.24) is 9.80 Å². The third kappa shape index (κ3) is 2.47. The first-order valence-corrected chi connectivity index (χ1v) is 7.64. The lowest BCUT2D eigenvalue weighted by atomic mass is 9.85. The number of benzene rings is 1. The van der Waals surface area contributed by atoms with Crippen LogP contribution >= 0.6 is 0 Å². The van der Waals surface area contributed by atoms with Crippen LogP contribution in [0.2, 0.25) is 0 Å². The summed E-state index contributed by atoms with van der Waals surface area (Å²) >= 11 is 0. The zero-order valence-corrected chi connectivity index (χ0v) is 12.6. The third-order valence-electron chi connectivity index (χ3n) is 5.02. The minimum Gasteiger partial charge on any atom is -0.333 e. The average molecular weight is 272 g/mol. The monoisotopic (exact) mass is 272 g/mol. The number of rotatable bonds is 2. The number of likely N-dealkylation sites (tertiary alicyclic amines) is 2. The number of piperidine rings is 1. The van der Waals surface area contributed by atoms with E-state index in [0.717, 1.165) is 45.3 Å². The maximum Gasteiger partial charge on any atom is 0.223 e. The second-order valence-electron chi connectivity index (χ2n) is 6.50. The van der Waals surface area contributed by atoms with Gasteiger partial charge in [-0.1, -0.05) is 29.8 Å². The molecular weight excluding hydrogens is 248 g/mol. The van der Waals surface area contributed by atoms with Crippen LogP contribution in [0.15, 0.2) is 24.3 Å². The highest BCUT2D eigenvalue weighted by molar-refractivity contribution is 5.79. The van der Waals surface area contributed by atoms with Crippen LogP contribution < -0.4 is 0 Å². The van der Waals surface area contributed by atoms with E-state index in [0.29, 0.717) is 5.91 Å². The number of carbonyl (C=O) groups excluding carboxylic acids is 1. The molecule has 1 aromatic rings. The van der Waals surface area contributed by atoms with Crippen LogP contribution in [0.5, 0.6) is 0 Å². The van der Waals surface area contributed by atoms with Gasteiger partial charge in [-0.05, 0) is 38.8 Å². The Morgan fingerprint density at radius 3 is 2.65 bits per heavy atom. The van der Waals surface area contributed by atoms with Crippen molar-refractivity contribution < 1.29 is 4.79 Å². The van der Waals surface area contributed by atoms with Gasteiger partial charge in [0.05, 0.1) is 0 Å². The van der Waals surface area contributed by atoms with Crippen LogP contribution in [-0.4, -0.2) is 41.4 Å². The van der Waals surface area contributed by atoms with E-state index in [1.165, 1.54) is 11.1 Å². The van der Waals surface area contributed by atoms with Crippen LogP contribution in [0.1, 0.15) is 36.8 Å². The van der Waals surface area contributed by atoms with Crippen molar-refractivity contribution in [2.45, 2.75) is 44.7 Å². The van der Waals surface area contributed by atoms with Crippen molar-refractivity contribution >= 4 is 5.91 Å². The molecule has 0 saturated carbocycles. The standard InChI is InChI=1S/C17H24N2O/c1-14-4-3-5-15(12-14)13-19-16(20)6-7-17(19)8-10-18(2)11-9-17/h3-5,12H,6-11,13H2,1-2H3. The third-order valence-corrected chi connectivity index (χ3v) is 5.02. The van der Waals surface area contributed by atoms with Crippen LogP contribution in [0.4, 0.5) is 0 Å². The fourth-order valence-electron chi connectivity index (χ4n) is 3.68. The van der Waals surface area contributed by atoms with E-state index in [-0.39, 0.29) is 5.54 Å². The van der Waals surface area contributed by atoms with Crippen molar-refractivity contribution in [1.29, 1.82) is 0 Å². The van der Waals surface area contributed by atoms with Crippen LogP contribution in [0, 0.1) is 6.92 Å². The van der Waals surface area contributed by atoms with Crippen molar-refractivity contribution in [3.63, 3.8) is 0 Å². The molecule has 2 heterocycles. The summed E-state index contributed by atoms with van der Waals surface area (Å²) in [6.45, 7) is 5.11. The SMILES string of the molecule is Cc1cccc(CN2C(=O)CCC23CCN(C)CC3)c1. The van der Waals surface area contributed by atoms with Crippen molar-refractivity contribution in [2.75, 3.05) is 20.1 Å². The molecule has 2 saturated heterocycles. The predicted octanol–water partition coefficient (Wildman–Crippen LogP) is 2.58. The Kier molecular flexibility index (Phi) is 3.55. The van der Waals surface area contributed by atoms with Gasteiger partial charge in [0.25, 0.3) is 0 Å². The molecule has 108 valence electrons. The largest absolute Gasteiger partial charge is 0.333 e. The fourth-order valence-corrected chi connectivity index (χ4v) is 3.68. The number of amides is 1. The first-order chi connectivity index (χ1) is 9.59. The molecule has 0 atom stereocenters. The van der Waals surface area contributed by atoms with E-state index >= 15 is 0 Å². The maximum absolute atomic E-state index is 12.3. The molecule has 3 heteroatoms. The number of nitrogens with zero attached hydrogens (tertiary/aromatic N) is 2. The smallest absolute Gasteiger partial charge is 0.223 e. The molecule has 2 aliphatic heterocycles. The summed E-state index contributed by atoms with van der Waals surface area (Å²) in [5.74, 6) is 0.344. The van der Waals surface area contributed by atoms with Crippen LogP contribution in [0.3, 0.4) is 0 Å². The summed E-state index contributed by atoms with van der Waals surface area (Å²) in [6, 6.07) is 8.54. The zero-order chi connectivity index (χ0) is 14.2. The Hall–Kier alpha value is -1.35. The second kappa shape index (κ2) is 5.21. The van der Waals surface area contributed by atoms with Gasteiger partial charge in [-0.2, -0.15) is 0 Å². The molecule has 0 radical (unpaired) electrons. The van der Waals surface area contributed by atoms with Gasteiger partial charge in [-0.25, -0.2) is 0 Å². The van der Waals surface area contributed by atoms with E-state index in [1.807, 2.05) is 0 Å². The van der Waals surface area contributed by atoms with Gasteiger partial charge >= 0.3 is 0 Å². The summed E-state index contributed by atoms with van der Waals surface area (Å²) in [5, 5.41) is 0. The number of carbonyl (C=O) groups is 1. The first-order valence-electron chi connectivity index (χ1n) is 7.64. The van der Waals surface area contributed by atoms with Crippen molar-refractivity contribution in [3.8, 4) is 0 Å². The minimum absolute atomic E-state index is 0.132. The van der Waals surface area contributed by atoms with Gasteiger partial charge in [-0.15, -0.1) is 0 Å². The highest BCUT2D eigenvalue weighted by Gasteiger charge is 2.46. The van der Waals surface area contributed by atoms with Crippen LogP contribution in [0.25, 0.3) is 0 Å². The highest BCUT2D eigenvalue weighted by Crippen LogP contribution is 2.39. The summed E-state index contributed by atoms with van der Waals surface area (Å²) in [7, 11) is 2.18. The number of hydrogen-bond acceptors (Lipinski definition) is 2. The Morgan fingerprint density at radius 2 is 1.95 bits per heavy atom. The molecule has 0 aliphatic carbocycles. The van der Waals surface area contributed by atoms with E-state index < -0.39 is 0 Å². The lowest BCUT2D eigenvalue weighted by molar-refractivity contribution is -0.133. The molecule has 1 spiro atoms. The first kappa shape index (κ1) is 13.6. The Labute approximate surface area is 121 Å². The summed E-state index contributed by atoms with van der Waals surface area (Å²) in [6.07, 6.45) is 4.03. The van der Waals surface area contributed by atoms with Crippen molar-refractivity contribution in [3.05, 3.63) is 35.4 Å². The van der Waals surface area contributed by atoms with E-state index in [4.69, 9.17) is 0 Å². The van der Waals surface area contributed by atoms with Gasteiger partial charge in [0.15, 0.2) is 0 Å². The van der Waals surface area contributed by atoms with E-state index in [2.05, 4.69) is 48.0 Å². The molecule has 1 amide bonds. The Balaban J connectivity index is 1.80. The zero-order valence-electron chi connectivity index (χ0n) is 12.6. The molecule has 0 bridgehead atoms. The van der Waals surface area contributed by atoms with Crippen LogP contribution in [-0.2, 0) is 11.3 Å². The number of aryl methyl sites for hydroxylation is 1. The molecule has 1 aromatic carbocycles. The molecule has 3 rings (SSSR count). The Bertz CT molecular complexity index is 503. The topological polar surface area (TPSA) is 23.6 Å². The van der Waals surface area contributed by atoms with Gasteiger partial charge in [0.1, 0.15) is 0 Å². The van der Waals surface area contributed by atoms with E-state index in [1.54, 1.807) is 0 Å². The Morgan fingerprint density at radius 1 is 1.20 bits per heavy atom. The lowest BCUT2D eigenvalue weighted by Gasteiger charge is -2.44. The minimum atomic E-state index is 0.132. The quantitative estimate of drug-likeness (QED) is 0.826. The molecule has 3 nitrogen and oxygen atoms in total. The molecule has 2 fully saturated rings. The maximum atomic E-state index is 12.3.